The van der Waals surface area contributed by atoms with Gasteiger partial charge in [0.05, 0.1) is 0 Å². The Balaban J connectivity index is 1.65. The normalized spacial score (nSPS) is 21.7. The van der Waals surface area contributed by atoms with E-state index >= 15 is 0 Å². The van der Waals surface area contributed by atoms with Gasteiger partial charge in [-0.05, 0) is 38.4 Å². The summed E-state index contributed by atoms with van der Waals surface area (Å²) >= 11 is 0. The number of carbonyl (C=O) groups is 1. The Kier molecular flexibility index (Phi) is 2.75. The van der Waals surface area contributed by atoms with E-state index in [1.807, 2.05) is 18.2 Å². The van der Waals surface area contributed by atoms with Crippen molar-refractivity contribution >= 4 is 11.6 Å². The summed E-state index contributed by atoms with van der Waals surface area (Å²) in [6.45, 7) is 2.99. The lowest BCUT2D eigenvalue weighted by molar-refractivity contribution is -0.0355. The Hall–Kier alpha value is -1.95. The summed E-state index contributed by atoms with van der Waals surface area (Å²) in [7, 11) is 2.15. The first-order chi connectivity index (χ1) is 10.2. The van der Waals surface area contributed by atoms with Gasteiger partial charge in [0.15, 0.2) is 5.65 Å². The van der Waals surface area contributed by atoms with Gasteiger partial charge in [-0.2, -0.15) is 5.10 Å². The van der Waals surface area contributed by atoms with Crippen molar-refractivity contribution in [3.8, 4) is 0 Å². The number of aromatic nitrogens is 3. The Bertz CT molecular complexity index is 686. The third-order valence-electron chi connectivity index (χ3n) is 5.06. The molecule has 2 aromatic heterocycles. The molecule has 110 valence electrons. The molecule has 6 heteroatoms. The average molecular weight is 285 g/mol. The van der Waals surface area contributed by atoms with Crippen molar-refractivity contribution in [1.82, 2.24) is 24.4 Å². The summed E-state index contributed by atoms with van der Waals surface area (Å²) in [5.41, 5.74) is 1.41. The molecule has 1 amide bonds. The number of rotatable bonds is 1. The summed E-state index contributed by atoms with van der Waals surface area (Å²) in [5, 5.41) is 4.18. The lowest BCUT2D eigenvalue weighted by Gasteiger charge is -2.56. The minimum atomic E-state index is 0.0757. The van der Waals surface area contributed by atoms with Crippen molar-refractivity contribution in [3.05, 3.63) is 30.2 Å². The summed E-state index contributed by atoms with van der Waals surface area (Å²) < 4.78 is 1.64. The molecule has 1 spiro atoms. The third-order valence-corrected chi connectivity index (χ3v) is 5.06. The lowest BCUT2D eigenvalue weighted by atomic mass is 9.76. The largest absolute Gasteiger partial charge is 0.331 e. The molecule has 4 rings (SSSR count). The van der Waals surface area contributed by atoms with E-state index in [0.717, 1.165) is 44.5 Å². The van der Waals surface area contributed by atoms with E-state index in [9.17, 15) is 4.79 Å². The summed E-state index contributed by atoms with van der Waals surface area (Å²) in [5.74, 6) is 0.0851. The first kappa shape index (κ1) is 12.8. The maximum atomic E-state index is 12.9. The van der Waals surface area contributed by atoms with E-state index in [1.165, 1.54) is 6.33 Å². The van der Waals surface area contributed by atoms with Crippen molar-refractivity contribution in [3.63, 3.8) is 0 Å². The number of nitrogens with zero attached hydrogens (tertiary/aromatic N) is 5. The molecule has 2 aliphatic rings. The van der Waals surface area contributed by atoms with E-state index in [0.29, 0.717) is 5.69 Å². The number of likely N-dealkylation sites (tertiary alicyclic amines) is 2. The van der Waals surface area contributed by atoms with Gasteiger partial charge >= 0.3 is 0 Å². The van der Waals surface area contributed by atoms with Crippen molar-refractivity contribution < 1.29 is 4.79 Å². The van der Waals surface area contributed by atoms with Crippen molar-refractivity contribution in [2.45, 2.75) is 24.8 Å². The zero-order valence-electron chi connectivity index (χ0n) is 12.2. The molecule has 2 aromatic rings. The predicted molar refractivity (Wildman–Crippen MR) is 78.1 cm³/mol. The molecule has 2 saturated heterocycles. The minimum absolute atomic E-state index is 0.0757. The topological polar surface area (TPSA) is 53.7 Å². The highest BCUT2D eigenvalue weighted by Gasteiger charge is 2.48. The first-order valence-corrected chi connectivity index (χ1v) is 7.49. The highest BCUT2D eigenvalue weighted by atomic mass is 16.2. The zero-order chi connectivity index (χ0) is 14.4. The molecule has 0 aliphatic carbocycles. The molecule has 6 nitrogen and oxygen atoms in total. The van der Waals surface area contributed by atoms with Crippen LogP contribution in [0.25, 0.3) is 5.65 Å². The standard InChI is InChI=1S/C15H19N5O/c1-18-8-5-15(6-9-18)7-10-19(15)14(21)12-3-2-4-13-16-11-17-20(12)13/h2-4,11H,5-10H2,1H3. The number of hydrogen-bond donors (Lipinski definition) is 0. The third kappa shape index (κ3) is 1.86. The highest BCUT2D eigenvalue weighted by Crippen LogP contribution is 2.40. The maximum Gasteiger partial charge on any atom is 0.273 e. The number of fused-ring (bicyclic) bond motifs is 1. The molecule has 21 heavy (non-hydrogen) atoms. The van der Waals surface area contributed by atoms with Crippen LogP contribution in [0.1, 0.15) is 29.8 Å². The zero-order valence-corrected chi connectivity index (χ0v) is 12.2. The fourth-order valence-electron chi connectivity index (χ4n) is 3.56. The lowest BCUT2D eigenvalue weighted by Crippen LogP contribution is -2.65. The Morgan fingerprint density at radius 3 is 2.67 bits per heavy atom. The molecule has 0 unspecified atom stereocenters. The van der Waals surface area contributed by atoms with Crippen LogP contribution in [0.5, 0.6) is 0 Å². The summed E-state index contributed by atoms with van der Waals surface area (Å²) in [6, 6.07) is 5.58. The van der Waals surface area contributed by atoms with Gasteiger partial charge in [-0.15, -0.1) is 0 Å². The average Bonchev–Trinajstić information content (AvgIpc) is 2.95. The molecule has 0 bridgehead atoms. The Morgan fingerprint density at radius 1 is 1.19 bits per heavy atom. The molecule has 0 N–H and O–H groups in total. The monoisotopic (exact) mass is 285 g/mol. The molecular formula is C15H19N5O. The first-order valence-electron chi connectivity index (χ1n) is 7.49. The van der Waals surface area contributed by atoms with Crippen LogP contribution < -0.4 is 0 Å². The quantitative estimate of drug-likeness (QED) is 0.785. The fraction of sp³-hybridized carbons (Fsp3) is 0.533. The molecule has 4 heterocycles. The minimum Gasteiger partial charge on any atom is -0.331 e. The number of pyridine rings is 1. The van der Waals surface area contributed by atoms with E-state index in [1.54, 1.807) is 4.52 Å². The van der Waals surface area contributed by atoms with Gasteiger partial charge in [-0.3, -0.25) is 4.79 Å². The number of carbonyl (C=O) groups excluding carboxylic acids is 1. The number of hydrogen-bond acceptors (Lipinski definition) is 4. The van der Waals surface area contributed by atoms with Crippen LogP contribution in [0.3, 0.4) is 0 Å². The van der Waals surface area contributed by atoms with Gasteiger partial charge in [0.2, 0.25) is 0 Å². The molecule has 0 atom stereocenters. The van der Waals surface area contributed by atoms with Crippen LogP contribution >= 0.6 is 0 Å². The van der Waals surface area contributed by atoms with Gasteiger partial charge in [0, 0.05) is 25.2 Å². The van der Waals surface area contributed by atoms with Crippen molar-refractivity contribution in [2.24, 2.45) is 0 Å². The van der Waals surface area contributed by atoms with Crippen LogP contribution in [0.15, 0.2) is 24.5 Å². The van der Waals surface area contributed by atoms with Crippen LogP contribution in [-0.4, -0.2) is 62.5 Å². The number of piperidine rings is 1. The van der Waals surface area contributed by atoms with Gasteiger partial charge in [-0.1, -0.05) is 6.07 Å². The fourth-order valence-corrected chi connectivity index (χ4v) is 3.56. The maximum absolute atomic E-state index is 12.9. The SMILES string of the molecule is CN1CCC2(CC1)CCN2C(=O)c1cccc2ncnn12. The van der Waals surface area contributed by atoms with E-state index < -0.39 is 0 Å². The molecule has 0 saturated carbocycles. The van der Waals surface area contributed by atoms with Crippen molar-refractivity contribution in [2.75, 3.05) is 26.7 Å². The summed E-state index contributed by atoms with van der Waals surface area (Å²) in [6.07, 6.45) is 4.76. The predicted octanol–water partition coefficient (Wildman–Crippen LogP) is 1.04. The summed E-state index contributed by atoms with van der Waals surface area (Å²) in [4.78, 5) is 21.5. The van der Waals surface area contributed by atoms with Crippen LogP contribution in [0.2, 0.25) is 0 Å². The van der Waals surface area contributed by atoms with Crippen LogP contribution in [-0.2, 0) is 0 Å². The Labute approximate surface area is 123 Å². The molecule has 0 radical (unpaired) electrons. The van der Waals surface area contributed by atoms with E-state index in [-0.39, 0.29) is 11.4 Å². The second-order valence-corrected chi connectivity index (χ2v) is 6.18. The molecule has 0 aromatic carbocycles. The van der Waals surface area contributed by atoms with Crippen molar-refractivity contribution in [1.29, 1.82) is 0 Å². The van der Waals surface area contributed by atoms with Crippen LogP contribution in [0, 0.1) is 0 Å². The number of amides is 1. The second kappa shape index (κ2) is 4.53. The van der Waals surface area contributed by atoms with E-state index in [4.69, 9.17) is 0 Å². The van der Waals surface area contributed by atoms with E-state index in [2.05, 4.69) is 26.9 Å². The molecular weight excluding hydrogens is 266 g/mol. The molecule has 2 aliphatic heterocycles. The second-order valence-electron chi connectivity index (χ2n) is 6.18. The van der Waals surface area contributed by atoms with Gasteiger partial charge < -0.3 is 9.80 Å². The van der Waals surface area contributed by atoms with Gasteiger partial charge in [0.1, 0.15) is 12.0 Å². The molecule has 2 fully saturated rings. The van der Waals surface area contributed by atoms with Crippen LogP contribution in [0.4, 0.5) is 0 Å². The smallest absolute Gasteiger partial charge is 0.273 e. The highest BCUT2D eigenvalue weighted by molar-refractivity contribution is 5.94. The van der Waals surface area contributed by atoms with Gasteiger partial charge in [0.25, 0.3) is 5.91 Å². The Morgan fingerprint density at radius 2 is 1.95 bits per heavy atom. The van der Waals surface area contributed by atoms with Gasteiger partial charge in [-0.25, -0.2) is 9.50 Å².